The molecular formula is C20H23FN4O2. The van der Waals surface area contributed by atoms with Crippen molar-refractivity contribution in [3.8, 4) is 0 Å². The minimum Gasteiger partial charge on any atom is -0.467 e. The van der Waals surface area contributed by atoms with Gasteiger partial charge in [0.05, 0.1) is 25.9 Å². The van der Waals surface area contributed by atoms with Crippen molar-refractivity contribution in [1.82, 2.24) is 19.8 Å². The van der Waals surface area contributed by atoms with E-state index in [1.54, 1.807) is 47.8 Å². The largest absolute Gasteiger partial charge is 0.467 e. The lowest BCUT2D eigenvalue weighted by Crippen LogP contribution is -2.40. The third kappa shape index (κ3) is 4.97. The lowest BCUT2D eigenvalue weighted by Gasteiger charge is -2.22. The first-order valence-electron chi connectivity index (χ1n) is 8.96. The van der Waals surface area contributed by atoms with Gasteiger partial charge in [0.2, 0.25) is 0 Å². The predicted octanol–water partition coefficient (Wildman–Crippen LogP) is 3.79. The molecule has 2 amide bonds. The molecule has 6 nitrogen and oxygen atoms in total. The third-order valence-corrected chi connectivity index (χ3v) is 4.17. The van der Waals surface area contributed by atoms with E-state index in [1.807, 2.05) is 17.6 Å². The molecule has 0 spiro atoms. The fourth-order valence-corrected chi connectivity index (χ4v) is 2.75. The summed E-state index contributed by atoms with van der Waals surface area (Å²) in [6.07, 6.45) is 5.88. The number of nitrogens with one attached hydrogen (secondary N) is 1. The second kappa shape index (κ2) is 9.02. The molecule has 3 aromatic rings. The molecule has 0 radical (unpaired) electrons. The molecule has 0 aliphatic carbocycles. The molecule has 7 heteroatoms. The van der Waals surface area contributed by atoms with E-state index in [-0.39, 0.29) is 18.4 Å². The number of hydrogen-bond acceptors (Lipinski definition) is 3. The fourth-order valence-electron chi connectivity index (χ4n) is 2.75. The summed E-state index contributed by atoms with van der Waals surface area (Å²) < 4.78 is 21.2. The fraction of sp³-hybridized carbons (Fsp3) is 0.300. The van der Waals surface area contributed by atoms with Crippen molar-refractivity contribution in [3.63, 3.8) is 0 Å². The zero-order valence-electron chi connectivity index (χ0n) is 15.3. The van der Waals surface area contributed by atoms with Crippen LogP contribution in [0.2, 0.25) is 0 Å². The summed E-state index contributed by atoms with van der Waals surface area (Å²) in [6, 6.07) is 10.1. The molecule has 2 aromatic heterocycles. The van der Waals surface area contributed by atoms with Crippen LogP contribution in [-0.2, 0) is 19.6 Å². The van der Waals surface area contributed by atoms with Crippen molar-refractivity contribution in [2.45, 2.75) is 33.0 Å². The Morgan fingerprint density at radius 2 is 2.11 bits per heavy atom. The average molecular weight is 370 g/mol. The Balaban J connectivity index is 1.76. The van der Waals surface area contributed by atoms with E-state index < -0.39 is 0 Å². The van der Waals surface area contributed by atoms with Crippen molar-refractivity contribution in [1.29, 1.82) is 0 Å². The number of urea groups is 1. The van der Waals surface area contributed by atoms with Gasteiger partial charge in [-0.05, 0) is 24.6 Å². The van der Waals surface area contributed by atoms with Crippen LogP contribution in [0.4, 0.5) is 9.18 Å². The highest BCUT2D eigenvalue weighted by molar-refractivity contribution is 5.74. The van der Waals surface area contributed by atoms with Crippen LogP contribution < -0.4 is 5.32 Å². The van der Waals surface area contributed by atoms with Crippen LogP contribution in [0.25, 0.3) is 0 Å². The standard InChI is InChI=1S/C20H23FN4O2/c1-2-9-23-20(26)25(14-17-7-5-12-27-17)15-19-22-10-11-24(19)13-16-6-3-4-8-18(16)21/h3-8,10-12H,2,9,13-15H2,1H3,(H,23,26). The van der Waals surface area contributed by atoms with Crippen LogP contribution >= 0.6 is 0 Å². The molecule has 0 fully saturated rings. The summed E-state index contributed by atoms with van der Waals surface area (Å²) in [6.45, 7) is 3.56. The number of carbonyl (C=O) groups is 1. The van der Waals surface area contributed by atoms with Gasteiger partial charge in [-0.3, -0.25) is 0 Å². The Hall–Kier alpha value is -3.09. The molecule has 27 heavy (non-hydrogen) atoms. The van der Waals surface area contributed by atoms with E-state index in [2.05, 4.69) is 10.3 Å². The van der Waals surface area contributed by atoms with Crippen molar-refractivity contribution in [2.75, 3.05) is 6.54 Å². The molecule has 0 aliphatic rings. The number of rotatable bonds is 8. The molecule has 0 unspecified atom stereocenters. The highest BCUT2D eigenvalue weighted by atomic mass is 19.1. The van der Waals surface area contributed by atoms with Gasteiger partial charge in [0.25, 0.3) is 0 Å². The van der Waals surface area contributed by atoms with Crippen molar-refractivity contribution in [2.24, 2.45) is 0 Å². The highest BCUT2D eigenvalue weighted by Gasteiger charge is 2.18. The van der Waals surface area contributed by atoms with E-state index in [4.69, 9.17) is 4.42 Å². The van der Waals surface area contributed by atoms with Gasteiger partial charge in [0.15, 0.2) is 0 Å². The molecular weight excluding hydrogens is 347 g/mol. The van der Waals surface area contributed by atoms with Crippen molar-refractivity contribution >= 4 is 6.03 Å². The maximum Gasteiger partial charge on any atom is 0.318 e. The Morgan fingerprint density at radius 1 is 1.26 bits per heavy atom. The summed E-state index contributed by atoms with van der Waals surface area (Å²) in [5, 5.41) is 2.88. The minimum atomic E-state index is -0.259. The smallest absolute Gasteiger partial charge is 0.318 e. The minimum absolute atomic E-state index is 0.186. The van der Waals surface area contributed by atoms with E-state index in [0.717, 1.165) is 6.42 Å². The van der Waals surface area contributed by atoms with E-state index in [1.165, 1.54) is 6.07 Å². The lowest BCUT2D eigenvalue weighted by molar-refractivity contribution is 0.185. The van der Waals surface area contributed by atoms with E-state index in [9.17, 15) is 9.18 Å². The number of carbonyl (C=O) groups excluding carboxylic acids is 1. The SMILES string of the molecule is CCCNC(=O)N(Cc1ccco1)Cc1nccn1Cc1ccccc1F. The first-order valence-corrected chi connectivity index (χ1v) is 8.96. The topological polar surface area (TPSA) is 63.3 Å². The van der Waals surface area contributed by atoms with Gasteiger partial charge < -0.3 is 19.2 Å². The number of nitrogens with zero attached hydrogens (tertiary/aromatic N) is 3. The number of aromatic nitrogens is 2. The summed E-state index contributed by atoms with van der Waals surface area (Å²) in [7, 11) is 0. The normalized spacial score (nSPS) is 10.7. The van der Waals surface area contributed by atoms with Gasteiger partial charge in [-0.2, -0.15) is 0 Å². The molecule has 0 saturated carbocycles. The zero-order chi connectivity index (χ0) is 19.1. The van der Waals surface area contributed by atoms with Crippen LogP contribution in [0, 0.1) is 5.82 Å². The number of imidazole rings is 1. The molecule has 2 heterocycles. The molecule has 1 N–H and O–H groups in total. The number of benzene rings is 1. The van der Waals surface area contributed by atoms with E-state index >= 15 is 0 Å². The van der Waals surface area contributed by atoms with Crippen LogP contribution in [0.1, 0.15) is 30.5 Å². The Morgan fingerprint density at radius 3 is 2.85 bits per heavy atom. The van der Waals surface area contributed by atoms with Gasteiger partial charge in [-0.15, -0.1) is 0 Å². The van der Waals surface area contributed by atoms with Gasteiger partial charge in [-0.1, -0.05) is 25.1 Å². The molecule has 0 aliphatic heterocycles. The summed E-state index contributed by atoms with van der Waals surface area (Å²) >= 11 is 0. The summed E-state index contributed by atoms with van der Waals surface area (Å²) in [5.41, 5.74) is 0.574. The number of hydrogen-bond donors (Lipinski definition) is 1. The van der Waals surface area contributed by atoms with Gasteiger partial charge >= 0.3 is 6.03 Å². The van der Waals surface area contributed by atoms with Crippen LogP contribution in [-0.4, -0.2) is 27.0 Å². The number of amides is 2. The zero-order valence-corrected chi connectivity index (χ0v) is 15.3. The Bertz CT molecular complexity index is 861. The predicted molar refractivity (Wildman–Crippen MR) is 99.4 cm³/mol. The van der Waals surface area contributed by atoms with Crippen molar-refractivity contribution in [3.05, 3.63) is 78.0 Å². The maximum absolute atomic E-state index is 14.0. The molecule has 0 saturated heterocycles. The molecule has 0 atom stereocenters. The lowest BCUT2D eigenvalue weighted by atomic mass is 10.2. The second-order valence-corrected chi connectivity index (χ2v) is 6.23. The third-order valence-electron chi connectivity index (χ3n) is 4.17. The van der Waals surface area contributed by atoms with Gasteiger partial charge in [-0.25, -0.2) is 14.2 Å². The molecule has 1 aromatic carbocycles. The number of furan rings is 1. The quantitative estimate of drug-likeness (QED) is 0.656. The van der Waals surface area contributed by atoms with Gasteiger partial charge in [0, 0.05) is 24.5 Å². The first-order chi connectivity index (χ1) is 13.2. The Kier molecular flexibility index (Phi) is 6.25. The summed E-state index contributed by atoms with van der Waals surface area (Å²) in [5.74, 6) is 1.11. The molecule has 0 bridgehead atoms. The van der Waals surface area contributed by atoms with Gasteiger partial charge in [0.1, 0.15) is 17.4 Å². The monoisotopic (exact) mass is 370 g/mol. The van der Waals surface area contributed by atoms with Crippen LogP contribution in [0.15, 0.2) is 59.5 Å². The Labute approximate surface area is 157 Å². The number of halogens is 1. The maximum atomic E-state index is 14.0. The molecule has 3 rings (SSSR count). The van der Waals surface area contributed by atoms with Crippen LogP contribution in [0.5, 0.6) is 0 Å². The molecule has 142 valence electrons. The highest BCUT2D eigenvalue weighted by Crippen LogP contribution is 2.13. The van der Waals surface area contributed by atoms with Crippen LogP contribution in [0.3, 0.4) is 0 Å². The second-order valence-electron chi connectivity index (χ2n) is 6.23. The first kappa shape index (κ1) is 18.7. The summed E-state index contributed by atoms with van der Waals surface area (Å²) in [4.78, 5) is 18.6. The average Bonchev–Trinajstić information content (AvgIpc) is 3.33. The van der Waals surface area contributed by atoms with Crippen molar-refractivity contribution < 1.29 is 13.6 Å². The van der Waals surface area contributed by atoms with E-state index in [0.29, 0.717) is 36.8 Å².